The zero-order chi connectivity index (χ0) is 19.9. The largest absolute Gasteiger partial charge is 0.326 e. The van der Waals surface area contributed by atoms with Crippen LogP contribution in [0.25, 0.3) is 0 Å². The maximum Gasteiger partial charge on any atom is 0.326 e. The molecule has 4 N–H and O–H groups in total. The van der Waals surface area contributed by atoms with Gasteiger partial charge in [0, 0.05) is 5.56 Å². The van der Waals surface area contributed by atoms with Gasteiger partial charge in [-0.25, -0.2) is 9.18 Å². The van der Waals surface area contributed by atoms with Gasteiger partial charge in [0.1, 0.15) is 38.5 Å². The number of hydrogen-bond donors (Lipinski definition) is 4. The van der Waals surface area contributed by atoms with E-state index in [2.05, 4.69) is 41.8 Å². The van der Waals surface area contributed by atoms with Crippen LogP contribution in [0.1, 0.15) is 11.1 Å². The molecule has 0 aliphatic carbocycles. The van der Waals surface area contributed by atoms with Crippen molar-refractivity contribution in [3.8, 4) is 0 Å². The van der Waals surface area contributed by atoms with E-state index >= 15 is 0 Å². The fourth-order valence-corrected chi connectivity index (χ4v) is 3.54. The molecule has 148 valence electrons. The molecule has 6 nitrogen and oxygen atoms in total. The smallest absolute Gasteiger partial charge is 0.322 e. The fraction of sp³-hybridized carbons (Fsp3) is 0.333. The Bertz CT molecular complexity index is 835. The van der Waals surface area contributed by atoms with Crippen LogP contribution in [0.5, 0.6) is 0 Å². The highest BCUT2D eigenvalue weighted by Crippen LogP contribution is 2.11. The molecule has 1 saturated heterocycles. The molecule has 3 rings (SSSR count). The van der Waals surface area contributed by atoms with Gasteiger partial charge in [-0.1, -0.05) is 42.0 Å². The first-order chi connectivity index (χ1) is 13.5. The third kappa shape index (κ3) is 5.87. The maximum absolute atomic E-state index is 13.5. The van der Waals surface area contributed by atoms with Gasteiger partial charge < -0.3 is 15.1 Å². The number of carbonyl (C=O) groups excluding carboxylic acids is 2. The summed E-state index contributed by atoms with van der Waals surface area (Å²) in [5.41, 5.74) is 2.65. The molecule has 0 aromatic heterocycles. The third-order valence-electron chi connectivity index (χ3n) is 4.99. The van der Waals surface area contributed by atoms with Gasteiger partial charge in [-0.3, -0.25) is 10.1 Å². The quantitative estimate of drug-likeness (QED) is 0.573. The molecule has 1 heterocycles. The van der Waals surface area contributed by atoms with Crippen LogP contribution >= 0.6 is 0 Å². The molecule has 0 unspecified atom stereocenters. The molecule has 3 amide bonds. The van der Waals surface area contributed by atoms with Gasteiger partial charge in [0.2, 0.25) is 0 Å². The van der Waals surface area contributed by atoms with E-state index in [1.54, 1.807) is 6.07 Å². The predicted octanol–water partition coefficient (Wildman–Crippen LogP) is -0.234. The Kier molecular flexibility index (Phi) is 6.73. The minimum Gasteiger partial charge on any atom is -0.322 e. The molecular formula is C21H27FN4O2+2. The van der Waals surface area contributed by atoms with E-state index in [-0.39, 0.29) is 18.1 Å². The monoisotopic (exact) mass is 386 g/mol. The number of imide groups is 1. The Hall–Kier alpha value is -2.77. The number of rotatable bonds is 5. The number of nitrogens with one attached hydrogen (secondary N) is 4. The van der Waals surface area contributed by atoms with E-state index in [1.165, 1.54) is 34.2 Å². The molecule has 1 aliphatic rings. The Morgan fingerprint density at radius 1 is 1.00 bits per heavy atom. The predicted molar refractivity (Wildman–Crippen MR) is 105 cm³/mol. The normalized spacial score (nSPS) is 19.1. The zero-order valence-electron chi connectivity index (χ0n) is 16.1. The summed E-state index contributed by atoms with van der Waals surface area (Å²) < 4.78 is 13.5. The number of amides is 3. The summed E-state index contributed by atoms with van der Waals surface area (Å²) in [7, 11) is 0. The molecule has 28 heavy (non-hydrogen) atoms. The minimum atomic E-state index is -0.710. The SMILES string of the molecule is Cc1cccc(C[NH+]2CC[NH+](CC(=O)NC(=O)Nc3ccccc3F)CC2)c1. The van der Waals surface area contributed by atoms with Gasteiger partial charge >= 0.3 is 6.03 Å². The molecule has 0 saturated carbocycles. The molecular weight excluding hydrogens is 359 g/mol. The van der Waals surface area contributed by atoms with Crippen molar-refractivity contribution in [1.82, 2.24) is 5.32 Å². The summed E-state index contributed by atoms with van der Waals surface area (Å²) in [6.45, 7) is 7.05. The van der Waals surface area contributed by atoms with E-state index in [4.69, 9.17) is 0 Å². The van der Waals surface area contributed by atoms with Gasteiger partial charge in [-0.15, -0.1) is 0 Å². The molecule has 2 aromatic rings. The van der Waals surface area contributed by atoms with Crippen LogP contribution in [0.2, 0.25) is 0 Å². The van der Waals surface area contributed by atoms with Gasteiger partial charge in [-0.05, 0) is 19.1 Å². The number of urea groups is 1. The lowest BCUT2D eigenvalue weighted by molar-refractivity contribution is -1.02. The second-order valence-corrected chi connectivity index (χ2v) is 7.32. The Balaban J connectivity index is 1.40. The van der Waals surface area contributed by atoms with Crippen molar-refractivity contribution in [2.75, 3.05) is 38.0 Å². The number of carbonyl (C=O) groups is 2. The Morgan fingerprint density at radius 3 is 2.43 bits per heavy atom. The van der Waals surface area contributed by atoms with Crippen molar-refractivity contribution < 1.29 is 23.8 Å². The summed E-state index contributed by atoms with van der Waals surface area (Å²) in [6, 6.07) is 13.7. The number of para-hydroxylation sites is 1. The first-order valence-electron chi connectivity index (χ1n) is 9.57. The van der Waals surface area contributed by atoms with Crippen molar-refractivity contribution in [3.05, 3.63) is 65.5 Å². The summed E-state index contributed by atoms with van der Waals surface area (Å²) in [6.07, 6.45) is 0. The van der Waals surface area contributed by atoms with Crippen molar-refractivity contribution in [2.24, 2.45) is 0 Å². The lowest BCUT2D eigenvalue weighted by atomic mass is 10.1. The first kappa shape index (κ1) is 20.0. The van der Waals surface area contributed by atoms with Crippen molar-refractivity contribution in [3.63, 3.8) is 0 Å². The highest BCUT2D eigenvalue weighted by atomic mass is 19.1. The molecule has 7 heteroatoms. The van der Waals surface area contributed by atoms with Gasteiger partial charge in [0.05, 0.1) is 5.69 Å². The van der Waals surface area contributed by atoms with E-state index in [0.29, 0.717) is 0 Å². The second-order valence-electron chi connectivity index (χ2n) is 7.32. The molecule has 1 fully saturated rings. The number of benzene rings is 2. The Morgan fingerprint density at radius 2 is 1.71 bits per heavy atom. The van der Waals surface area contributed by atoms with Gasteiger partial charge in [0.15, 0.2) is 6.54 Å². The number of halogens is 1. The average Bonchev–Trinajstić information content (AvgIpc) is 2.65. The highest BCUT2D eigenvalue weighted by molar-refractivity contribution is 6.01. The third-order valence-corrected chi connectivity index (χ3v) is 4.99. The van der Waals surface area contributed by atoms with E-state index in [0.717, 1.165) is 37.6 Å². The standard InChI is InChI=1S/C21H25FN4O2/c1-16-5-4-6-17(13-16)14-25-9-11-26(12-10-25)15-20(27)24-21(28)23-19-8-3-2-7-18(19)22/h2-8,13H,9-12,14-15H2,1H3,(H2,23,24,27,28)/p+2. The summed E-state index contributed by atoms with van der Waals surface area (Å²) >= 11 is 0. The zero-order valence-corrected chi connectivity index (χ0v) is 16.1. The number of anilines is 1. The molecule has 0 atom stereocenters. The van der Waals surface area contributed by atoms with Gasteiger partial charge in [0.25, 0.3) is 5.91 Å². The second kappa shape index (κ2) is 9.43. The fourth-order valence-electron chi connectivity index (χ4n) is 3.54. The summed E-state index contributed by atoms with van der Waals surface area (Å²) in [4.78, 5) is 26.7. The van der Waals surface area contributed by atoms with Crippen LogP contribution in [-0.4, -0.2) is 44.7 Å². The minimum absolute atomic E-state index is 0.0495. The summed E-state index contributed by atoms with van der Waals surface area (Å²) in [5, 5.41) is 4.63. The van der Waals surface area contributed by atoms with Crippen LogP contribution < -0.4 is 20.4 Å². The molecule has 0 spiro atoms. The molecule has 0 radical (unpaired) electrons. The molecule has 0 bridgehead atoms. The highest BCUT2D eigenvalue weighted by Gasteiger charge is 2.25. The lowest BCUT2D eigenvalue weighted by Crippen LogP contribution is -3.28. The van der Waals surface area contributed by atoms with Crippen molar-refractivity contribution in [2.45, 2.75) is 13.5 Å². The van der Waals surface area contributed by atoms with Crippen LogP contribution in [-0.2, 0) is 11.3 Å². The number of quaternary nitrogens is 2. The van der Waals surface area contributed by atoms with Crippen LogP contribution in [0, 0.1) is 12.7 Å². The van der Waals surface area contributed by atoms with Crippen LogP contribution in [0.4, 0.5) is 14.9 Å². The number of piperazine rings is 1. The van der Waals surface area contributed by atoms with E-state index < -0.39 is 11.8 Å². The van der Waals surface area contributed by atoms with Gasteiger partial charge in [-0.2, -0.15) is 0 Å². The van der Waals surface area contributed by atoms with Crippen molar-refractivity contribution in [1.29, 1.82) is 0 Å². The van der Waals surface area contributed by atoms with Crippen molar-refractivity contribution >= 4 is 17.6 Å². The first-order valence-corrected chi connectivity index (χ1v) is 9.57. The summed E-state index contributed by atoms with van der Waals surface area (Å²) in [5.74, 6) is -0.894. The van der Waals surface area contributed by atoms with Crippen LogP contribution in [0.3, 0.4) is 0 Å². The lowest BCUT2D eigenvalue weighted by Gasteiger charge is -2.29. The average molecular weight is 386 g/mol. The number of aryl methyl sites for hydroxylation is 1. The Labute approximate surface area is 164 Å². The van der Waals surface area contributed by atoms with E-state index in [9.17, 15) is 14.0 Å². The topological polar surface area (TPSA) is 67.1 Å². The van der Waals surface area contributed by atoms with E-state index in [1.807, 2.05) is 0 Å². The van der Waals surface area contributed by atoms with Crippen LogP contribution in [0.15, 0.2) is 48.5 Å². The molecule has 1 aliphatic heterocycles. The molecule has 2 aromatic carbocycles. The number of hydrogen-bond acceptors (Lipinski definition) is 2. The maximum atomic E-state index is 13.5.